The summed E-state index contributed by atoms with van der Waals surface area (Å²) in [5.41, 5.74) is 2.79. The maximum absolute atomic E-state index is 5.68. The van der Waals surface area contributed by atoms with E-state index >= 15 is 0 Å². The van der Waals surface area contributed by atoms with Crippen molar-refractivity contribution in [2.45, 2.75) is 32.2 Å². The first-order valence-electron chi connectivity index (χ1n) is 7.00. The predicted octanol–water partition coefficient (Wildman–Crippen LogP) is 3.96. The van der Waals surface area contributed by atoms with E-state index in [0.717, 1.165) is 11.5 Å². The normalized spacial score (nSPS) is 23.3. The highest BCUT2D eigenvalue weighted by Gasteiger charge is 2.44. The molecule has 1 N–H and O–H groups in total. The van der Waals surface area contributed by atoms with Gasteiger partial charge >= 0.3 is 0 Å². The summed E-state index contributed by atoms with van der Waals surface area (Å²) in [6.45, 7) is 4.08. The van der Waals surface area contributed by atoms with Crippen LogP contribution in [0.3, 0.4) is 0 Å². The number of furan rings is 1. The molecule has 0 spiro atoms. The van der Waals surface area contributed by atoms with E-state index < -0.39 is 0 Å². The van der Waals surface area contributed by atoms with Crippen LogP contribution in [-0.2, 0) is 0 Å². The summed E-state index contributed by atoms with van der Waals surface area (Å²) in [6, 6.07) is 13.4. The van der Waals surface area contributed by atoms with E-state index in [9.17, 15) is 0 Å². The molecule has 0 saturated heterocycles. The molecule has 0 radical (unpaired) electrons. The molecule has 0 aliphatic heterocycles. The molecule has 1 aliphatic carbocycles. The zero-order valence-electron chi connectivity index (χ0n) is 11.8. The first-order chi connectivity index (χ1) is 9.20. The van der Waals surface area contributed by atoms with Gasteiger partial charge in [-0.1, -0.05) is 30.3 Å². The molecule has 1 aliphatic rings. The quantitative estimate of drug-likeness (QED) is 0.894. The van der Waals surface area contributed by atoms with Crippen molar-refractivity contribution >= 4 is 0 Å². The lowest BCUT2D eigenvalue weighted by atomic mass is 9.99. The monoisotopic (exact) mass is 255 g/mol. The minimum Gasteiger partial charge on any atom is -0.466 e. The fraction of sp³-hybridized carbons (Fsp3) is 0.412. The molecular formula is C17H21NO. The molecule has 3 rings (SSSR count). The number of aryl methyl sites for hydroxylation is 2. The van der Waals surface area contributed by atoms with Gasteiger partial charge in [-0.2, -0.15) is 0 Å². The first kappa shape index (κ1) is 12.5. The third kappa shape index (κ3) is 2.33. The molecule has 1 saturated carbocycles. The van der Waals surface area contributed by atoms with Gasteiger partial charge in [0.15, 0.2) is 0 Å². The molecule has 3 unspecified atom stereocenters. The predicted molar refractivity (Wildman–Crippen MR) is 77.3 cm³/mol. The second kappa shape index (κ2) is 4.86. The summed E-state index contributed by atoms with van der Waals surface area (Å²) in [7, 11) is 2.05. The Morgan fingerprint density at radius 1 is 1.21 bits per heavy atom. The van der Waals surface area contributed by atoms with E-state index in [-0.39, 0.29) is 0 Å². The van der Waals surface area contributed by atoms with Crippen LogP contribution in [0.5, 0.6) is 0 Å². The standard InChI is InChI=1S/C17H21NO/c1-11-9-14(12(2)19-11)17(18-3)16-10-15(16)13-7-5-4-6-8-13/h4-9,15-18H,10H2,1-3H3. The summed E-state index contributed by atoms with van der Waals surface area (Å²) in [5, 5.41) is 3.47. The van der Waals surface area contributed by atoms with Gasteiger partial charge in [-0.25, -0.2) is 0 Å². The number of nitrogens with one attached hydrogen (secondary N) is 1. The molecule has 19 heavy (non-hydrogen) atoms. The molecule has 1 aromatic carbocycles. The summed E-state index contributed by atoms with van der Waals surface area (Å²) < 4.78 is 5.68. The molecule has 1 aromatic heterocycles. The van der Waals surface area contributed by atoms with Crippen LogP contribution in [0.25, 0.3) is 0 Å². The number of benzene rings is 1. The van der Waals surface area contributed by atoms with Crippen molar-refractivity contribution in [2.75, 3.05) is 7.05 Å². The second-order valence-corrected chi connectivity index (χ2v) is 5.55. The van der Waals surface area contributed by atoms with E-state index in [1.165, 1.54) is 17.5 Å². The molecule has 2 heteroatoms. The molecule has 0 bridgehead atoms. The Bertz CT molecular complexity index is 558. The smallest absolute Gasteiger partial charge is 0.105 e. The van der Waals surface area contributed by atoms with E-state index in [2.05, 4.69) is 48.6 Å². The Kier molecular flexibility index (Phi) is 3.19. The van der Waals surface area contributed by atoms with Crippen LogP contribution in [-0.4, -0.2) is 7.05 Å². The second-order valence-electron chi connectivity index (χ2n) is 5.55. The summed E-state index contributed by atoms with van der Waals surface area (Å²) >= 11 is 0. The number of rotatable bonds is 4. The zero-order valence-corrected chi connectivity index (χ0v) is 11.8. The first-order valence-corrected chi connectivity index (χ1v) is 7.00. The highest BCUT2D eigenvalue weighted by molar-refractivity contribution is 5.32. The Morgan fingerprint density at radius 2 is 1.95 bits per heavy atom. The molecule has 1 heterocycles. The molecule has 2 nitrogen and oxygen atoms in total. The lowest BCUT2D eigenvalue weighted by Gasteiger charge is -2.15. The Morgan fingerprint density at radius 3 is 2.53 bits per heavy atom. The van der Waals surface area contributed by atoms with Crippen LogP contribution < -0.4 is 5.32 Å². The van der Waals surface area contributed by atoms with Crippen LogP contribution in [0.1, 0.15) is 41.0 Å². The van der Waals surface area contributed by atoms with Crippen molar-refractivity contribution in [3.8, 4) is 0 Å². The summed E-state index contributed by atoms with van der Waals surface area (Å²) in [6.07, 6.45) is 1.26. The fourth-order valence-corrected chi connectivity index (χ4v) is 3.23. The molecular weight excluding hydrogens is 234 g/mol. The summed E-state index contributed by atoms with van der Waals surface area (Å²) in [4.78, 5) is 0. The van der Waals surface area contributed by atoms with E-state index in [1.807, 2.05) is 14.0 Å². The largest absolute Gasteiger partial charge is 0.466 e. The summed E-state index contributed by atoms with van der Waals surface area (Å²) in [5.74, 6) is 3.43. The lowest BCUT2D eigenvalue weighted by Crippen LogP contribution is -2.19. The van der Waals surface area contributed by atoms with E-state index in [1.54, 1.807) is 0 Å². The van der Waals surface area contributed by atoms with E-state index in [0.29, 0.717) is 17.9 Å². The van der Waals surface area contributed by atoms with Gasteiger partial charge in [0.1, 0.15) is 11.5 Å². The maximum Gasteiger partial charge on any atom is 0.105 e. The Balaban J connectivity index is 1.81. The maximum atomic E-state index is 5.68. The number of hydrogen-bond acceptors (Lipinski definition) is 2. The fourth-order valence-electron chi connectivity index (χ4n) is 3.23. The molecule has 1 fully saturated rings. The van der Waals surface area contributed by atoms with Crippen LogP contribution in [0, 0.1) is 19.8 Å². The van der Waals surface area contributed by atoms with Crippen LogP contribution in [0.2, 0.25) is 0 Å². The third-order valence-electron chi connectivity index (χ3n) is 4.22. The minimum absolute atomic E-state index is 0.405. The highest BCUT2D eigenvalue weighted by Crippen LogP contribution is 2.54. The van der Waals surface area contributed by atoms with Gasteiger partial charge in [0.2, 0.25) is 0 Å². The van der Waals surface area contributed by atoms with Crippen LogP contribution in [0.4, 0.5) is 0 Å². The van der Waals surface area contributed by atoms with Crippen molar-refractivity contribution in [1.82, 2.24) is 5.32 Å². The van der Waals surface area contributed by atoms with Crippen molar-refractivity contribution < 1.29 is 4.42 Å². The van der Waals surface area contributed by atoms with Crippen molar-refractivity contribution in [1.29, 1.82) is 0 Å². The van der Waals surface area contributed by atoms with Gasteiger partial charge in [0, 0.05) is 11.6 Å². The molecule has 100 valence electrons. The zero-order chi connectivity index (χ0) is 13.4. The van der Waals surface area contributed by atoms with Crippen molar-refractivity contribution in [3.05, 3.63) is 59.0 Å². The molecule has 3 atom stereocenters. The third-order valence-corrected chi connectivity index (χ3v) is 4.22. The number of hydrogen-bond donors (Lipinski definition) is 1. The molecule has 0 amide bonds. The van der Waals surface area contributed by atoms with Crippen molar-refractivity contribution in [3.63, 3.8) is 0 Å². The minimum atomic E-state index is 0.405. The van der Waals surface area contributed by atoms with Crippen molar-refractivity contribution in [2.24, 2.45) is 5.92 Å². The van der Waals surface area contributed by atoms with Crippen LogP contribution >= 0.6 is 0 Å². The van der Waals surface area contributed by atoms with Gasteiger partial charge in [-0.3, -0.25) is 0 Å². The van der Waals surface area contributed by atoms with E-state index in [4.69, 9.17) is 4.42 Å². The lowest BCUT2D eigenvalue weighted by molar-refractivity contribution is 0.474. The van der Waals surface area contributed by atoms with Gasteiger partial charge in [0.25, 0.3) is 0 Å². The van der Waals surface area contributed by atoms with Gasteiger partial charge in [-0.15, -0.1) is 0 Å². The topological polar surface area (TPSA) is 25.2 Å². The SMILES string of the molecule is CNC(c1cc(C)oc1C)C1CC1c1ccccc1. The molecule has 2 aromatic rings. The van der Waals surface area contributed by atoms with Gasteiger partial charge in [0.05, 0.1) is 0 Å². The highest BCUT2D eigenvalue weighted by atomic mass is 16.3. The van der Waals surface area contributed by atoms with Crippen LogP contribution in [0.15, 0.2) is 40.8 Å². The van der Waals surface area contributed by atoms with Gasteiger partial charge < -0.3 is 9.73 Å². The average molecular weight is 255 g/mol. The Hall–Kier alpha value is -1.54. The Labute approximate surface area is 114 Å². The van der Waals surface area contributed by atoms with Gasteiger partial charge in [-0.05, 0) is 50.8 Å². The average Bonchev–Trinajstić information content (AvgIpc) is 3.12.